The maximum atomic E-state index is 10.7. The van der Waals surface area contributed by atoms with Gasteiger partial charge in [-0.1, -0.05) is 28.1 Å². The molecule has 0 heterocycles. The highest BCUT2D eigenvalue weighted by Gasteiger charge is 2.27. The zero-order valence-electron chi connectivity index (χ0n) is 8.68. The van der Waals surface area contributed by atoms with E-state index in [0.29, 0.717) is 5.56 Å². The number of rotatable bonds is 5. The Kier molecular flexibility index (Phi) is 4.39. The standard InChI is InChI=1S/C11H10BrNO4/c12-7-3-1-2-6(4-7)9(13)5-8(10(14)15)11(16)17/h1-4,8,13H,5H2,(H,14,15)(H,16,17). The van der Waals surface area contributed by atoms with Crippen LogP contribution in [0.5, 0.6) is 0 Å². The molecule has 0 bridgehead atoms. The van der Waals surface area contributed by atoms with Crippen molar-refractivity contribution in [2.24, 2.45) is 5.92 Å². The van der Waals surface area contributed by atoms with E-state index in [1.807, 2.05) is 0 Å². The Labute approximate surface area is 106 Å². The smallest absolute Gasteiger partial charge is 0.318 e. The minimum atomic E-state index is -1.58. The Balaban J connectivity index is 2.85. The van der Waals surface area contributed by atoms with Gasteiger partial charge >= 0.3 is 11.9 Å². The molecule has 3 N–H and O–H groups in total. The molecule has 0 saturated carbocycles. The summed E-state index contributed by atoms with van der Waals surface area (Å²) in [5, 5.41) is 25.1. The van der Waals surface area contributed by atoms with Crippen LogP contribution in [-0.2, 0) is 9.59 Å². The molecule has 0 aliphatic rings. The largest absolute Gasteiger partial charge is 0.481 e. The number of hydrogen-bond donors (Lipinski definition) is 3. The fourth-order valence-electron chi connectivity index (χ4n) is 1.28. The third-order valence-corrected chi connectivity index (χ3v) is 2.67. The third-order valence-electron chi connectivity index (χ3n) is 2.18. The lowest BCUT2D eigenvalue weighted by molar-refractivity contribution is -0.154. The maximum absolute atomic E-state index is 10.7. The van der Waals surface area contributed by atoms with Crippen molar-refractivity contribution in [1.82, 2.24) is 0 Å². The Morgan fingerprint density at radius 2 is 1.88 bits per heavy atom. The van der Waals surface area contributed by atoms with Crippen LogP contribution in [-0.4, -0.2) is 27.9 Å². The third kappa shape index (κ3) is 3.67. The van der Waals surface area contributed by atoms with Crippen LogP contribution in [0.1, 0.15) is 12.0 Å². The van der Waals surface area contributed by atoms with Crippen LogP contribution in [0.4, 0.5) is 0 Å². The molecule has 1 rings (SSSR count). The molecule has 0 unspecified atom stereocenters. The molecule has 6 heteroatoms. The number of carbonyl (C=O) groups is 2. The molecule has 1 aromatic rings. The number of benzene rings is 1. The van der Waals surface area contributed by atoms with Crippen molar-refractivity contribution in [2.75, 3.05) is 0 Å². The van der Waals surface area contributed by atoms with Crippen LogP contribution in [0, 0.1) is 11.3 Å². The highest BCUT2D eigenvalue weighted by Crippen LogP contribution is 2.15. The molecule has 0 amide bonds. The second kappa shape index (κ2) is 5.58. The zero-order chi connectivity index (χ0) is 13.0. The predicted molar refractivity (Wildman–Crippen MR) is 64.3 cm³/mol. The van der Waals surface area contributed by atoms with E-state index in [0.717, 1.165) is 4.47 Å². The Bertz CT molecular complexity index is 458. The van der Waals surface area contributed by atoms with Crippen molar-refractivity contribution in [3.05, 3.63) is 34.3 Å². The number of carboxylic acids is 2. The van der Waals surface area contributed by atoms with Crippen LogP contribution >= 0.6 is 15.9 Å². The van der Waals surface area contributed by atoms with Crippen LogP contribution in [0.2, 0.25) is 0 Å². The van der Waals surface area contributed by atoms with E-state index in [9.17, 15) is 9.59 Å². The number of aliphatic carboxylic acids is 2. The van der Waals surface area contributed by atoms with E-state index in [-0.39, 0.29) is 12.1 Å². The highest BCUT2D eigenvalue weighted by atomic mass is 79.9. The van der Waals surface area contributed by atoms with Gasteiger partial charge in [-0.05, 0) is 17.7 Å². The van der Waals surface area contributed by atoms with Gasteiger partial charge in [-0.25, -0.2) is 0 Å². The summed E-state index contributed by atoms with van der Waals surface area (Å²) in [5.74, 6) is -4.45. The van der Waals surface area contributed by atoms with Crippen LogP contribution in [0.3, 0.4) is 0 Å². The zero-order valence-corrected chi connectivity index (χ0v) is 10.3. The van der Waals surface area contributed by atoms with E-state index in [1.54, 1.807) is 24.3 Å². The van der Waals surface area contributed by atoms with Crippen molar-refractivity contribution in [3.63, 3.8) is 0 Å². The molecule has 5 nitrogen and oxygen atoms in total. The first-order valence-corrected chi connectivity index (χ1v) is 5.50. The summed E-state index contributed by atoms with van der Waals surface area (Å²) in [4.78, 5) is 21.4. The first-order valence-electron chi connectivity index (χ1n) is 4.70. The second-order valence-corrected chi connectivity index (χ2v) is 4.34. The molecule has 0 aromatic heterocycles. The Hall–Kier alpha value is -1.69. The normalized spacial score (nSPS) is 10.2. The lowest BCUT2D eigenvalue weighted by Gasteiger charge is -2.08. The minimum Gasteiger partial charge on any atom is -0.481 e. The van der Waals surface area contributed by atoms with E-state index in [2.05, 4.69) is 15.9 Å². The molecule has 1 aromatic carbocycles. The monoisotopic (exact) mass is 299 g/mol. The summed E-state index contributed by atoms with van der Waals surface area (Å²) in [7, 11) is 0. The molecule has 0 aliphatic carbocycles. The van der Waals surface area contributed by atoms with Crippen molar-refractivity contribution < 1.29 is 19.8 Å². The van der Waals surface area contributed by atoms with Gasteiger partial charge in [-0.15, -0.1) is 0 Å². The molecule has 90 valence electrons. The van der Waals surface area contributed by atoms with Crippen LogP contribution < -0.4 is 0 Å². The van der Waals surface area contributed by atoms with Crippen molar-refractivity contribution in [1.29, 1.82) is 5.41 Å². The number of halogens is 1. The minimum absolute atomic E-state index is 0.0129. The van der Waals surface area contributed by atoms with E-state index in [1.165, 1.54) is 0 Å². The first kappa shape index (κ1) is 13.4. The molecular formula is C11H10BrNO4. The second-order valence-electron chi connectivity index (χ2n) is 3.42. The SMILES string of the molecule is N=C(CC(C(=O)O)C(=O)O)c1cccc(Br)c1. The maximum Gasteiger partial charge on any atom is 0.318 e. The molecule has 0 atom stereocenters. The van der Waals surface area contributed by atoms with Crippen molar-refractivity contribution in [2.45, 2.75) is 6.42 Å². The molecular weight excluding hydrogens is 290 g/mol. The Morgan fingerprint density at radius 1 is 1.29 bits per heavy atom. The summed E-state index contributed by atoms with van der Waals surface area (Å²) in [6.45, 7) is 0. The average molecular weight is 300 g/mol. The van der Waals surface area contributed by atoms with Gasteiger partial charge in [0.05, 0.1) is 0 Å². The summed E-state index contributed by atoms with van der Waals surface area (Å²) >= 11 is 3.23. The predicted octanol–water partition coefficient (Wildman–Crippen LogP) is 1.99. The van der Waals surface area contributed by atoms with E-state index < -0.39 is 17.9 Å². The Morgan fingerprint density at radius 3 is 2.35 bits per heavy atom. The summed E-state index contributed by atoms with van der Waals surface area (Å²) in [6.07, 6.45) is -0.332. The lowest BCUT2D eigenvalue weighted by atomic mass is 9.98. The topological polar surface area (TPSA) is 98.5 Å². The summed E-state index contributed by atoms with van der Waals surface area (Å²) in [6, 6.07) is 6.74. The molecule has 0 aliphatic heterocycles. The van der Waals surface area contributed by atoms with Crippen molar-refractivity contribution >= 4 is 33.6 Å². The van der Waals surface area contributed by atoms with Gasteiger partial charge in [0, 0.05) is 16.6 Å². The van der Waals surface area contributed by atoms with Gasteiger partial charge in [0.15, 0.2) is 5.92 Å². The van der Waals surface area contributed by atoms with Gasteiger partial charge in [-0.3, -0.25) is 9.59 Å². The number of hydrogen-bond acceptors (Lipinski definition) is 3. The molecule has 0 spiro atoms. The fourth-order valence-corrected chi connectivity index (χ4v) is 1.68. The fraction of sp³-hybridized carbons (Fsp3) is 0.182. The molecule has 17 heavy (non-hydrogen) atoms. The molecule has 0 fully saturated rings. The van der Waals surface area contributed by atoms with Gasteiger partial charge in [0.25, 0.3) is 0 Å². The van der Waals surface area contributed by atoms with Gasteiger partial charge in [-0.2, -0.15) is 0 Å². The van der Waals surface area contributed by atoms with Crippen molar-refractivity contribution in [3.8, 4) is 0 Å². The van der Waals surface area contributed by atoms with Crippen LogP contribution in [0.15, 0.2) is 28.7 Å². The van der Waals surface area contributed by atoms with E-state index in [4.69, 9.17) is 15.6 Å². The highest BCUT2D eigenvalue weighted by molar-refractivity contribution is 9.10. The summed E-state index contributed by atoms with van der Waals surface area (Å²) < 4.78 is 0.752. The summed E-state index contributed by atoms with van der Waals surface area (Å²) in [5.41, 5.74) is 0.493. The average Bonchev–Trinajstić information content (AvgIpc) is 2.24. The van der Waals surface area contributed by atoms with Gasteiger partial charge in [0.1, 0.15) is 0 Å². The quantitative estimate of drug-likeness (QED) is 0.572. The first-order chi connectivity index (χ1) is 7.91. The number of carboxylic acid groups (broad SMARTS) is 2. The molecule has 0 saturated heterocycles. The van der Waals surface area contributed by atoms with Gasteiger partial charge in [0.2, 0.25) is 0 Å². The lowest BCUT2D eigenvalue weighted by Crippen LogP contribution is -2.26. The molecule has 0 radical (unpaired) electrons. The van der Waals surface area contributed by atoms with E-state index >= 15 is 0 Å². The van der Waals surface area contributed by atoms with Gasteiger partial charge < -0.3 is 15.6 Å². The number of nitrogens with one attached hydrogen (secondary N) is 1. The van der Waals surface area contributed by atoms with Crippen LogP contribution in [0.25, 0.3) is 0 Å².